The molecule has 2 aromatic carbocycles. The predicted octanol–water partition coefficient (Wildman–Crippen LogP) is 1.45. The number of fused-ring (bicyclic) bond motifs is 1. The summed E-state index contributed by atoms with van der Waals surface area (Å²) in [7, 11) is -3.91. The van der Waals surface area contributed by atoms with Crippen LogP contribution >= 0.6 is 0 Å². The van der Waals surface area contributed by atoms with Crippen LogP contribution in [0.3, 0.4) is 0 Å². The maximum atomic E-state index is 13.5. The third kappa shape index (κ3) is 4.09. The molecular formula is C20H20FN7O3S. The number of hydrogen-bond donors (Lipinski definition) is 3. The van der Waals surface area contributed by atoms with Crippen LogP contribution in [0.1, 0.15) is 28.5 Å². The van der Waals surface area contributed by atoms with E-state index in [4.69, 9.17) is 10.9 Å². The average molecular weight is 457 g/mol. The zero-order chi connectivity index (χ0) is 23.0. The van der Waals surface area contributed by atoms with Gasteiger partial charge in [0.2, 0.25) is 10.0 Å². The number of primary sulfonamides is 1. The third-order valence-corrected chi connectivity index (χ3v) is 6.08. The van der Waals surface area contributed by atoms with Gasteiger partial charge in [0.05, 0.1) is 4.90 Å². The SMILES string of the molecule is CC1Cc2c(cccc2S(N)(=O)=O)N1c1nnc(C(N)=O)c(NCc2cccc(F)c2)n1. The monoisotopic (exact) mass is 457 g/mol. The van der Waals surface area contributed by atoms with Crippen molar-refractivity contribution in [2.45, 2.75) is 30.8 Å². The summed E-state index contributed by atoms with van der Waals surface area (Å²) < 4.78 is 37.4. The highest BCUT2D eigenvalue weighted by Crippen LogP contribution is 2.39. The number of amides is 1. The van der Waals surface area contributed by atoms with E-state index < -0.39 is 21.7 Å². The van der Waals surface area contributed by atoms with Crippen LogP contribution in [-0.2, 0) is 23.0 Å². The summed E-state index contributed by atoms with van der Waals surface area (Å²) in [5, 5.41) is 16.3. The second kappa shape index (κ2) is 8.13. The first kappa shape index (κ1) is 21.6. The summed E-state index contributed by atoms with van der Waals surface area (Å²) in [6.45, 7) is 2.04. The van der Waals surface area contributed by atoms with E-state index >= 15 is 0 Å². The van der Waals surface area contributed by atoms with Crippen LogP contribution < -0.4 is 21.1 Å². The summed E-state index contributed by atoms with van der Waals surface area (Å²) >= 11 is 0. The van der Waals surface area contributed by atoms with Crippen LogP contribution in [0.15, 0.2) is 47.4 Å². The van der Waals surface area contributed by atoms with Crippen molar-refractivity contribution in [1.29, 1.82) is 0 Å². The number of halogens is 1. The molecule has 10 nitrogen and oxygen atoms in total. The summed E-state index contributed by atoms with van der Waals surface area (Å²) in [4.78, 5) is 18.0. The lowest BCUT2D eigenvalue weighted by Gasteiger charge is -2.23. The first-order valence-corrected chi connectivity index (χ1v) is 11.2. The van der Waals surface area contributed by atoms with Crippen LogP contribution in [0.4, 0.5) is 21.8 Å². The molecule has 1 amide bonds. The molecule has 32 heavy (non-hydrogen) atoms. The summed E-state index contributed by atoms with van der Waals surface area (Å²) in [6.07, 6.45) is 0.398. The van der Waals surface area contributed by atoms with Crippen LogP contribution in [-0.4, -0.2) is 35.5 Å². The molecule has 0 fully saturated rings. The number of anilines is 3. The molecule has 0 aliphatic carbocycles. The number of benzene rings is 2. The number of sulfonamides is 1. The van der Waals surface area contributed by atoms with Crippen LogP contribution in [0.2, 0.25) is 0 Å². The van der Waals surface area contributed by atoms with Gasteiger partial charge in [0.15, 0.2) is 11.5 Å². The number of rotatable bonds is 6. The fourth-order valence-corrected chi connectivity index (χ4v) is 4.52. The molecule has 0 saturated heterocycles. The van der Waals surface area contributed by atoms with E-state index in [9.17, 15) is 17.6 Å². The molecule has 5 N–H and O–H groups in total. The highest BCUT2D eigenvalue weighted by Gasteiger charge is 2.34. The molecular weight excluding hydrogens is 437 g/mol. The van der Waals surface area contributed by atoms with E-state index in [1.165, 1.54) is 18.2 Å². The molecule has 1 aromatic heterocycles. The Balaban J connectivity index is 1.73. The van der Waals surface area contributed by atoms with Crippen molar-refractivity contribution in [2.75, 3.05) is 10.2 Å². The number of carbonyl (C=O) groups is 1. The minimum absolute atomic E-state index is 0.0375. The molecule has 1 unspecified atom stereocenters. The standard InChI is InChI=1S/C20H20FN7O3S/c1-11-8-14-15(6-3-7-16(14)32(23,30)31)28(11)20-25-19(17(18(22)29)26-27-20)24-10-12-4-2-5-13(21)9-12/h2-7,9,11H,8,10H2,1H3,(H2,22,29)(H2,23,30,31)(H,24,25,27). The Kier molecular flexibility index (Phi) is 5.48. The van der Waals surface area contributed by atoms with Crippen molar-refractivity contribution in [3.8, 4) is 0 Å². The number of primary amides is 1. The van der Waals surface area contributed by atoms with Gasteiger partial charge in [-0.1, -0.05) is 18.2 Å². The van der Waals surface area contributed by atoms with Gasteiger partial charge in [-0.2, -0.15) is 4.98 Å². The maximum absolute atomic E-state index is 13.5. The van der Waals surface area contributed by atoms with Crippen LogP contribution in [0, 0.1) is 5.82 Å². The van der Waals surface area contributed by atoms with Gasteiger partial charge in [-0.05, 0) is 48.7 Å². The second-order valence-electron chi connectivity index (χ2n) is 7.38. The number of nitrogens with one attached hydrogen (secondary N) is 1. The van der Waals surface area contributed by atoms with Gasteiger partial charge in [0, 0.05) is 18.3 Å². The van der Waals surface area contributed by atoms with E-state index in [2.05, 4.69) is 20.5 Å². The summed E-state index contributed by atoms with van der Waals surface area (Å²) in [6, 6.07) is 10.5. The molecule has 0 spiro atoms. The van der Waals surface area contributed by atoms with E-state index in [-0.39, 0.29) is 34.9 Å². The number of aromatic nitrogens is 3. The maximum Gasteiger partial charge on any atom is 0.273 e. The minimum Gasteiger partial charge on any atom is -0.364 e. The number of nitrogens with two attached hydrogens (primary N) is 2. The van der Waals surface area contributed by atoms with Gasteiger partial charge >= 0.3 is 0 Å². The lowest BCUT2D eigenvalue weighted by Crippen LogP contribution is -2.28. The Hall–Kier alpha value is -3.64. The predicted molar refractivity (Wildman–Crippen MR) is 115 cm³/mol. The Morgan fingerprint density at radius 2 is 2.00 bits per heavy atom. The molecule has 3 aromatic rings. The zero-order valence-corrected chi connectivity index (χ0v) is 17.8. The van der Waals surface area contributed by atoms with Crippen LogP contribution in [0.25, 0.3) is 0 Å². The Morgan fingerprint density at radius 1 is 1.25 bits per heavy atom. The number of nitrogens with zero attached hydrogens (tertiary/aromatic N) is 4. The van der Waals surface area contributed by atoms with Crippen LogP contribution in [0.5, 0.6) is 0 Å². The Bertz CT molecular complexity index is 1320. The normalized spacial score (nSPS) is 15.5. The topological polar surface area (TPSA) is 157 Å². The first-order chi connectivity index (χ1) is 15.1. The lowest BCUT2D eigenvalue weighted by atomic mass is 10.1. The fourth-order valence-electron chi connectivity index (χ4n) is 3.72. The van der Waals surface area contributed by atoms with Crippen molar-refractivity contribution >= 4 is 33.4 Å². The number of hydrogen-bond acceptors (Lipinski definition) is 8. The average Bonchev–Trinajstić information content (AvgIpc) is 3.06. The molecule has 0 saturated carbocycles. The summed E-state index contributed by atoms with van der Waals surface area (Å²) in [5.41, 5.74) is 6.99. The number of carbonyl (C=O) groups excluding carboxylic acids is 1. The Labute approximate surface area is 183 Å². The van der Waals surface area contributed by atoms with E-state index in [1.807, 2.05) is 6.92 Å². The molecule has 166 valence electrons. The van der Waals surface area contributed by atoms with Crippen molar-refractivity contribution < 1.29 is 17.6 Å². The quantitative estimate of drug-likeness (QED) is 0.502. The molecule has 1 aliphatic rings. The van der Waals surface area contributed by atoms with Crippen molar-refractivity contribution in [3.05, 3.63) is 65.1 Å². The highest BCUT2D eigenvalue weighted by atomic mass is 32.2. The molecule has 12 heteroatoms. The van der Waals surface area contributed by atoms with Gasteiger partial charge in [-0.15, -0.1) is 10.2 Å². The van der Waals surface area contributed by atoms with Gasteiger partial charge in [-0.3, -0.25) is 4.79 Å². The smallest absolute Gasteiger partial charge is 0.273 e. The summed E-state index contributed by atoms with van der Waals surface area (Å²) in [5.74, 6) is -0.997. The van der Waals surface area contributed by atoms with Gasteiger partial charge in [0.25, 0.3) is 11.9 Å². The van der Waals surface area contributed by atoms with Gasteiger partial charge in [-0.25, -0.2) is 17.9 Å². The third-order valence-electron chi connectivity index (χ3n) is 5.09. The molecule has 1 atom stereocenters. The van der Waals surface area contributed by atoms with E-state index in [0.717, 1.165) is 0 Å². The fraction of sp³-hybridized carbons (Fsp3) is 0.200. The lowest BCUT2D eigenvalue weighted by molar-refractivity contribution is 0.0995. The molecule has 1 aliphatic heterocycles. The molecule has 0 bridgehead atoms. The molecule has 0 radical (unpaired) electrons. The largest absolute Gasteiger partial charge is 0.364 e. The Morgan fingerprint density at radius 3 is 2.69 bits per heavy atom. The first-order valence-electron chi connectivity index (χ1n) is 9.62. The highest BCUT2D eigenvalue weighted by molar-refractivity contribution is 7.89. The van der Waals surface area contributed by atoms with Crippen molar-refractivity contribution in [1.82, 2.24) is 15.2 Å². The van der Waals surface area contributed by atoms with E-state index in [1.54, 1.807) is 29.2 Å². The molecule has 4 rings (SSSR count). The van der Waals surface area contributed by atoms with Gasteiger partial charge < -0.3 is 16.0 Å². The van der Waals surface area contributed by atoms with Gasteiger partial charge in [0.1, 0.15) is 5.82 Å². The molecule has 2 heterocycles. The van der Waals surface area contributed by atoms with Crippen molar-refractivity contribution in [2.24, 2.45) is 10.9 Å². The van der Waals surface area contributed by atoms with Crippen molar-refractivity contribution in [3.63, 3.8) is 0 Å². The second-order valence-corrected chi connectivity index (χ2v) is 8.91. The zero-order valence-electron chi connectivity index (χ0n) is 17.0. The minimum atomic E-state index is -3.91. The van der Waals surface area contributed by atoms with E-state index in [0.29, 0.717) is 23.2 Å².